The molecule has 0 N–H and O–H groups in total. The monoisotopic (exact) mass is 339 g/mol. The van der Waals surface area contributed by atoms with Gasteiger partial charge >= 0.3 is 0 Å². The van der Waals surface area contributed by atoms with Crippen molar-refractivity contribution in [2.75, 3.05) is 5.75 Å². The molecule has 0 spiro atoms. The van der Waals surface area contributed by atoms with Gasteiger partial charge in [0.15, 0.2) is 9.84 Å². The van der Waals surface area contributed by atoms with E-state index in [1.807, 2.05) is 6.07 Å². The van der Waals surface area contributed by atoms with Crippen molar-refractivity contribution in [2.45, 2.75) is 25.0 Å². The normalized spacial score (nSPS) is 11.3. The summed E-state index contributed by atoms with van der Waals surface area (Å²) in [6.07, 6.45) is 1.38. The minimum Gasteiger partial charge on any atom is -0.338 e. The van der Waals surface area contributed by atoms with Gasteiger partial charge in [-0.1, -0.05) is 16.8 Å². The summed E-state index contributed by atoms with van der Waals surface area (Å²) in [5.41, 5.74) is 0.700. The number of nitrogens with zero attached hydrogens (tertiary/aromatic N) is 3. The van der Waals surface area contributed by atoms with Crippen molar-refractivity contribution >= 4 is 21.4 Å². The molecule has 8 heteroatoms. The van der Waals surface area contributed by atoms with Crippen molar-refractivity contribution in [1.82, 2.24) is 10.1 Å². The van der Waals surface area contributed by atoms with E-state index in [1.54, 1.807) is 24.3 Å². The number of sulfone groups is 1. The summed E-state index contributed by atoms with van der Waals surface area (Å²) in [5, 5.41) is 12.8. The molecule has 0 aliphatic carbocycles. The SMILES string of the molecule is N#CCCCCS(=O)(=O)Cc1nc(-c2ccc(Cl)cc2)no1. The lowest BCUT2D eigenvalue weighted by Gasteiger charge is -1.99. The summed E-state index contributed by atoms with van der Waals surface area (Å²) in [4.78, 5) is 4.09. The summed E-state index contributed by atoms with van der Waals surface area (Å²) in [5.74, 6) is 0.101. The second kappa shape index (κ2) is 7.38. The smallest absolute Gasteiger partial charge is 0.242 e. The number of hydrogen-bond donors (Lipinski definition) is 0. The maximum Gasteiger partial charge on any atom is 0.242 e. The van der Waals surface area contributed by atoms with E-state index in [4.69, 9.17) is 21.4 Å². The molecule has 116 valence electrons. The van der Waals surface area contributed by atoms with Crippen LogP contribution in [0.2, 0.25) is 5.02 Å². The van der Waals surface area contributed by atoms with Gasteiger partial charge in [-0.3, -0.25) is 0 Å². The average Bonchev–Trinajstić information content (AvgIpc) is 2.92. The highest BCUT2D eigenvalue weighted by molar-refractivity contribution is 7.90. The summed E-state index contributed by atoms with van der Waals surface area (Å²) >= 11 is 5.80. The molecular weight excluding hydrogens is 326 g/mol. The summed E-state index contributed by atoms with van der Waals surface area (Å²) in [6, 6.07) is 8.83. The quantitative estimate of drug-likeness (QED) is 0.719. The fourth-order valence-corrected chi connectivity index (χ4v) is 3.22. The van der Waals surface area contributed by atoms with Gasteiger partial charge in [0.2, 0.25) is 11.7 Å². The van der Waals surface area contributed by atoms with E-state index in [-0.39, 0.29) is 17.4 Å². The van der Waals surface area contributed by atoms with E-state index >= 15 is 0 Å². The summed E-state index contributed by atoms with van der Waals surface area (Å²) < 4.78 is 28.8. The van der Waals surface area contributed by atoms with E-state index < -0.39 is 9.84 Å². The van der Waals surface area contributed by atoms with Crippen LogP contribution in [0, 0.1) is 11.3 Å². The lowest BCUT2D eigenvalue weighted by Crippen LogP contribution is -2.09. The van der Waals surface area contributed by atoms with Gasteiger partial charge in [-0.2, -0.15) is 10.2 Å². The molecule has 6 nitrogen and oxygen atoms in total. The Morgan fingerprint density at radius 1 is 1.23 bits per heavy atom. The first-order valence-corrected chi connectivity index (χ1v) is 8.86. The lowest BCUT2D eigenvalue weighted by molar-refractivity contribution is 0.389. The van der Waals surface area contributed by atoms with Gasteiger partial charge in [0.1, 0.15) is 5.75 Å². The second-order valence-electron chi connectivity index (χ2n) is 4.73. The maximum atomic E-state index is 11.9. The van der Waals surface area contributed by atoms with Crippen molar-refractivity contribution in [2.24, 2.45) is 0 Å². The number of nitriles is 1. The van der Waals surface area contributed by atoms with Crippen LogP contribution in [0.1, 0.15) is 25.2 Å². The number of halogens is 1. The lowest BCUT2D eigenvalue weighted by atomic mass is 10.2. The van der Waals surface area contributed by atoms with Crippen LogP contribution >= 0.6 is 11.6 Å². The van der Waals surface area contributed by atoms with Crippen LogP contribution in [0.3, 0.4) is 0 Å². The molecule has 0 saturated carbocycles. The topological polar surface area (TPSA) is 96.8 Å². The fourth-order valence-electron chi connectivity index (χ4n) is 1.82. The third-order valence-corrected chi connectivity index (χ3v) is 4.76. The molecule has 2 rings (SSSR count). The third kappa shape index (κ3) is 4.83. The minimum absolute atomic E-state index is 0.00728. The number of rotatable bonds is 7. The minimum atomic E-state index is -3.32. The number of aromatic nitrogens is 2. The molecule has 1 aromatic carbocycles. The second-order valence-corrected chi connectivity index (χ2v) is 7.35. The number of hydrogen-bond acceptors (Lipinski definition) is 6. The first-order chi connectivity index (χ1) is 10.5. The summed E-state index contributed by atoms with van der Waals surface area (Å²) in [7, 11) is -3.32. The highest BCUT2D eigenvalue weighted by Crippen LogP contribution is 2.19. The van der Waals surface area contributed by atoms with Gasteiger partial charge in [0, 0.05) is 17.0 Å². The number of benzene rings is 1. The van der Waals surface area contributed by atoms with Gasteiger partial charge in [-0.25, -0.2) is 8.42 Å². The van der Waals surface area contributed by atoms with E-state index in [0.29, 0.717) is 35.7 Å². The molecule has 0 atom stereocenters. The Hall–Kier alpha value is -1.91. The molecule has 1 aromatic heterocycles. The van der Waals surface area contributed by atoms with Crippen LogP contribution in [-0.4, -0.2) is 24.3 Å². The van der Waals surface area contributed by atoms with Crippen LogP contribution in [0.25, 0.3) is 11.4 Å². The van der Waals surface area contributed by atoms with Crippen molar-refractivity contribution in [1.29, 1.82) is 5.26 Å². The van der Waals surface area contributed by atoms with Gasteiger partial charge in [-0.15, -0.1) is 0 Å². The molecule has 0 aliphatic heterocycles. The predicted molar refractivity (Wildman–Crippen MR) is 81.7 cm³/mol. The zero-order valence-electron chi connectivity index (χ0n) is 11.7. The van der Waals surface area contributed by atoms with Crippen molar-refractivity contribution in [3.05, 3.63) is 35.2 Å². The molecule has 0 unspecified atom stereocenters. The van der Waals surface area contributed by atoms with E-state index in [2.05, 4.69) is 10.1 Å². The maximum absolute atomic E-state index is 11.9. The largest absolute Gasteiger partial charge is 0.338 e. The number of unbranched alkanes of at least 4 members (excludes halogenated alkanes) is 2. The van der Waals surface area contributed by atoms with Crippen LogP contribution in [-0.2, 0) is 15.6 Å². The Bertz CT molecular complexity index is 763. The first-order valence-electron chi connectivity index (χ1n) is 6.66. The first kappa shape index (κ1) is 16.5. The molecular formula is C14H14ClN3O3S. The highest BCUT2D eigenvalue weighted by Gasteiger charge is 2.17. The zero-order chi connectivity index (χ0) is 16.0. The molecule has 0 bridgehead atoms. The van der Waals surface area contributed by atoms with Crippen LogP contribution in [0.15, 0.2) is 28.8 Å². The van der Waals surface area contributed by atoms with Crippen LogP contribution < -0.4 is 0 Å². The van der Waals surface area contributed by atoms with Crippen molar-refractivity contribution in [3.63, 3.8) is 0 Å². The van der Waals surface area contributed by atoms with Gasteiger partial charge in [0.05, 0.1) is 11.8 Å². The Balaban J connectivity index is 1.99. The predicted octanol–water partition coefficient (Wildman–Crippen LogP) is 3.00. The molecule has 0 fully saturated rings. The fraction of sp³-hybridized carbons (Fsp3) is 0.357. The average molecular weight is 340 g/mol. The zero-order valence-corrected chi connectivity index (χ0v) is 13.3. The molecule has 0 amide bonds. The Labute approximate surface area is 133 Å². The molecule has 0 radical (unpaired) electrons. The van der Waals surface area contributed by atoms with Crippen molar-refractivity contribution < 1.29 is 12.9 Å². The Kier molecular flexibility index (Phi) is 5.52. The molecule has 0 aliphatic rings. The Morgan fingerprint density at radius 2 is 1.95 bits per heavy atom. The van der Waals surface area contributed by atoms with E-state index in [1.165, 1.54) is 0 Å². The van der Waals surface area contributed by atoms with Gasteiger partial charge < -0.3 is 4.52 Å². The highest BCUT2D eigenvalue weighted by atomic mass is 35.5. The Morgan fingerprint density at radius 3 is 2.64 bits per heavy atom. The summed E-state index contributed by atoms with van der Waals surface area (Å²) in [6.45, 7) is 0. The van der Waals surface area contributed by atoms with Crippen LogP contribution in [0.5, 0.6) is 0 Å². The van der Waals surface area contributed by atoms with Gasteiger partial charge in [-0.05, 0) is 37.1 Å². The van der Waals surface area contributed by atoms with E-state index in [9.17, 15) is 8.42 Å². The van der Waals surface area contributed by atoms with Gasteiger partial charge in [0.25, 0.3) is 0 Å². The standard InChI is InChI=1S/C14H14ClN3O3S/c15-12-6-4-11(5-7-12)14-17-13(21-18-14)10-22(19,20)9-3-1-2-8-16/h4-7H,1-3,9-10H2. The molecule has 1 heterocycles. The molecule has 0 saturated heterocycles. The molecule has 22 heavy (non-hydrogen) atoms. The van der Waals surface area contributed by atoms with E-state index in [0.717, 1.165) is 0 Å². The third-order valence-electron chi connectivity index (χ3n) is 2.91. The van der Waals surface area contributed by atoms with Crippen molar-refractivity contribution in [3.8, 4) is 17.5 Å². The molecule has 2 aromatic rings. The van der Waals surface area contributed by atoms with Crippen LogP contribution in [0.4, 0.5) is 0 Å².